The van der Waals surface area contributed by atoms with Gasteiger partial charge in [0, 0.05) is 13.0 Å². The number of rotatable bonds is 3. The first kappa shape index (κ1) is 12.0. The maximum Gasteiger partial charge on any atom is 0.123 e. The monoisotopic (exact) mass is 246 g/mol. The molecule has 2 heterocycles. The summed E-state index contributed by atoms with van der Waals surface area (Å²) in [6.45, 7) is 4.27. The van der Waals surface area contributed by atoms with Crippen LogP contribution in [0.1, 0.15) is 18.4 Å². The van der Waals surface area contributed by atoms with E-state index in [1.54, 1.807) is 0 Å². The highest BCUT2D eigenvalue weighted by Crippen LogP contribution is 2.29. The van der Waals surface area contributed by atoms with Crippen LogP contribution in [0, 0.1) is 5.92 Å². The molecule has 3 nitrogen and oxygen atoms in total. The minimum absolute atomic E-state index is 0.344. The molecule has 18 heavy (non-hydrogen) atoms. The predicted molar refractivity (Wildman–Crippen MR) is 72.8 cm³/mol. The summed E-state index contributed by atoms with van der Waals surface area (Å²) < 4.78 is 6.00. The molecule has 98 valence electrons. The highest BCUT2D eigenvalue weighted by molar-refractivity contribution is 5.37. The van der Waals surface area contributed by atoms with Gasteiger partial charge in [-0.05, 0) is 50.0 Å². The minimum Gasteiger partial charge on any atom is -0.488 e. The van der Waals surface area contributed by atoms with Crippen molar-refractivity contribution in [3.05, 3.63) is 29.8 Å². The lowest BCUT2D eigenvalue weighted by Gasteiger charge is -2.32. The van der Waals surface area contributed by atoms with Crippen LogP contribution < -0.4 is 10.5 Å². The number of fused-ring (bicyclic) bond motifs is 1. The summed E-state index contributed by atoms with van der Waals surface area (Å²) in [4.78, 5) is 2.53. The lowest BCUT2D eigenvalue weighted by molar-refractivity contribution is 0.118. The lowest BCUT2D eigenvalue weighted by Crippen LogP contribution is -2.41. The lowest BCUT2D eigenvalue weighted by atomic mass is 9.97. The van der Waals surface area contributed by atoms with Crippen molar-refractivity contribution in [2.45, 2.75) is 25.4 Å². The van der Waals surface area contributed by atoms with Gasteiger partial charge in [0.05, 0.1) is 0 Å². The number of ether oxygens (including phenoxy) is 1. The van der Waals surface area contributed by atoms with Crippen LogP contribution in [0.15, 0.2) is 24.3 Å². The fourth-order valence-corrected chi connectivity index (χ4v) is 3.05. The number of benzene rings is 1. The van der Waals surface area contributed by atoms with E-state index >= 15 is 0 Å². The summed E-state index contributed by atoms with van der Waals surface area (Å²) in [6, 6.07) is 8.40. The topological polar surface area (TPSA) is 38.5 Å². The van der Waals surface area contributed by atoms with Gasteiger partial charge < -0.3 is 10.5 Å². The maximum absolute atomic E-state index is 6.00. The molecule has 0 saturated carbocycles. The highest BCUT2D eigenvalue weighted by atomic mass is 16.5. The molecule has 0 bridgehead atoms. The van der Waals surface area contributed by atoms with Gasteiger partial charge in [0.1, 0.15) is 11.9 Å². The average Bonchev–Trinajstić information content (AvgIpc) is 2.82. The van der Waals surface area contributed by atoms with Crippen molar-refractivity contribution in [3.8, 4) is 5.75 Å². The predicted octanol–water partition coefficient (Wildman–Crippen LogP) is 1.66. The molecular formula is C15H22N2O. The first-order valence-electron chi connectivity index (χ1n) is 7.02. The Bertz CT molecular complexity index is 374. The zero-order chi connectivity index (χ0) is 12.4. The molecule has 0 aromatic heterocycles. The Morgan fingerprint density at radius 2 is 2.00 bits per heavy atom. The zero-order valence-corrected chi connectivity index (χ0v) is 10.8. The van der Waals surface area contributed by atoms with Crippen LogP contribution in [0.3, 0.4) is 0 Å². The molecule has 0 radical (unpaired) electrons. The number of para-hydroxylation sites is 1. The van der Waals surface area contributed by atoms with Crippen molar-refractivity contribution in [2.75, 3.05) is 26.2 Å². The van der Waals surface area contributed by atoms with E-state index in [1.807, 2.05) is 6.07 Å². The van der Waals surface area contributed by atoms with Crippen molar-refractivity contribution in [3.63, 3.8) is 0 Å². The molecular weight excluding hydrogens is 224 g/mol. The minimum atomic E-state index is 0.344. The van der Waals surface area contributed by atoms with Crippen LogP contribution in [-0.4, -0.2) is 37.2 Å². The Morgan fingerprint density at radius 3 is 2.72 bits per heavy atom. The summed E-state index contributed by atoms with van der Waals surface area (Å²) >= 11 is 0. The zero-order valence-electron chi connectivity index (χ0n) is 10.8. The summed E-state index contributed by atoms with van der Waals surface area (Å²) in [5, 5.41) is 0. The third kappa shape index (κ3) is 2.52. The summed E-state index contributed by atoms with van der Waals surface area (Å²) in [6.07, 6.45) is 3.90. The molecule has 1 atom stereocenters. The second-order valence-electron chi connectivity index (χ2n) is 5.53. The number of hydrogen-bond acceptors (Lipinski definition) is 3. The molecule has 2 aliphatic heterocycles. The second kappa shape index (κ2) is 5.29. The molecule has 0 aliphatic carbocycles. The van der Waals surface area contributed by atoms with E-state index in [4.69, 9.17) is 10.5 Å². The molecule has 3 rings (SSSR count). The number of piperidine rings is 1. The van der Waals surface area contributed by atoms with Gasteiger partial charge in [-0.25, -0.2) is 0 Å². The number of nitrogens with zero attached hydrogens (tertiary/aromatic N) is 1. The van der Waals surface area contributed by atoms with Crippen molar-refractivity contribution < 1.29 is 4.74 Å². The SMILES string of the molecule is NCC1CCN(CC2Cc3ccccc3O2)CC1. The van der Waals surface area contributed by atoms with Gasteiger partial charge >= 0.3 is 0 Å². The molecule has 1 saturated heterocycles. The van der Waals surface area contributed by atoms with Crippen LogP contribution >= 0.6 is 0 Å². The van der Waals surface area contributed by atoms with Gasteiger partial charge in [0.15, 0.2) is 0 Å². The Hall–Kier alpha value is -1.06. The third-order valence-electron chi connectivity index (χ3n) is 4.22. The third-order valence-corrected chi connectivity index (χ3v) is 4.22. The van der Waals surface area contributed by atoms with Crippen molar-refractivity contribution in [1.29, 1.82) is 0 Å². The Balaban J connectivity index is 1.51. The number of nitrogens with two attached hydrogens (primary N) is 1. The molecule has 1 fully saturated rings. The molecule has 0 amide bonds. The normalized spacial score (nSPS) is 24.8. The van der Waals surface area contributed by atoms with Crippen LogP contribution in [-0.2, 0) is 6.42 Å². The maximum atomic E-state index is 6.00. The van der Waals surface area contributed by atoms with Gasteiger partial charge in [0.2, 0.25) is 0 Å². The number of hydrogen-bond donors (Lipinski definition) is 1. The summed E-state index contributed by atoms with van der Waals surface area (Å²) in [5.74, 6) is 1.82. The van der Waals surface area contributed by atoms with E-state index in [0.717, 1.165) is 31.2 Å². The van der Waals surface area contributed by atoms with Crippen LogP contribution in [0.5, 0.6) is 5.75 Å². The molecule has 3 heteroatoms. The van der Waals surface area contributed by atoms with Gasteiger partial charge in [-0.3, -0.25) is 4.90 Å². The standard InChI is InChI=1S/C15H22N2O/c16-10-12-5-7-17(8-6-12)11-14-9-13-3-1-2-4-15(13)18-14/h1-4,12,14H,5-11,16H2. The Labute approximate surface area is 109 Å². The first-order chi connectivity index (χ1) is 8.85. The average molecular weight is 246 g/mol. The van der Waals surface area contributed by atoms with Crippen LogP contribution in [0.4, 0.5) is 0 Å². The van der Waals surface area contributed by atoms with Gasteiger partial charge in [0.25, 0.3) is 0 Å². The van der Waals surface area contributed by atoms with Crippen molar-refractivity contribution >= 4 is 0 Å². The summed E-state index contributed by atoms with van der Waals surface area (Å²) in [5.41, 5.74) is 7.09. The van der Waals surface area contributed by atoms with Crippen LogP contribution in [0.2, 0.25) is 0 Å². The molecule has 1 aromatic rings. The fourth-order valence-electron chi connectivity index (χ4n) is 3.05. The summed E-state index contributed by atoms with van der Waals surface area (Å²) in [7, 11) is 0. The van der Waals surface area contributed by atoms with Gasteiger partial charge in [-0.15, -0.1) is 0 Å². The van der Waals surface area contributed by atoms with E-state index in [9.17, 15) is 0 Å². The second-order valence-corrected chi connectivity index (χ2v) is 5.53. The van der Waals surface area contributed by atoms with E-state index in [-0.39, 0.29) is 0 Å². The molecule has 2 N–H and O–H groups in total. The number of likely N-dealkylation sites (tertiary alicyclic amines) is 1. The van der Waals surface area contributed by atoms with Crippen molar-refractivity contribution in [1.82, 2.24) is 4.90 Å². The Morgan fingerprint density at radius 1 is 1.22 bits per heavy atom. The molecule has 1 unspecified atom stereocenters. The smallest absolute Gasteiger partial charge is 0.123 e. The Kier molecular flexibility index (Phi) is 3.52. The van der Waals surface area contributed by atoms with E-state index in [0.29, 0.717) is 6.10 Å². The van der Waals surface area contributed by atoms with E-state index < -0.39 is 0 Å². The van der Waals surface area contributed by atoms with Gasteiger partial charge in [-0.2, -0.15) is 0 Å². The highest BCUT2D eigenvalue weighted by Gasteiger charge is 2.26. The van der Waals surface area contributed by atoms with Gasteiger partial charge in [-0.1, -0.05) is 18.2 Å². The van der Waals surface area contributed by atoms with Crippen LogP contribution in [0.25, 0.3) is 0 Å². The quantitative estimate of drug-likeness (QED) is 0.881. The molecule has 0 spiro atoms. The molecule has 1 aromatic carbocycles. The first-order valence-corrected chi connectivity index (χ1v) is 7.02. The largest absolute Gasteiger partial charge is 0.488 e. The van der Waals surface area contributed by atoms with Crippen molar-refractivity contribution in [2.24, 2.45) is 11.7 Å². The fraction of sp³-hybridized carbons (Fsp3) is 0.600. The van der Waals surface area contributed by atoms with E-state index in [1.165, 1.54) is 31.5 Å². The molecule has 2 aliphatic rings. The van der Waals surface area contributed by atoms with E-state index in [2.05, 4.69) is 23.1 Å².